The highest BCUT2D eigenvalue weighted by Gasteiger charge is 2.43. The third kappa shape index (κ3) is 3.13. The maximum atomic E-state index is 12.9. The molecule has 1 aliphatic carbocycles. The molecule has 0 saturated heterocycles. The Labute approximate surface area is 153 Å². The lowest BCUT2D eigenvalue weighted by molar-refractivity contribution is -0.119. The Morgan fingerprint density at radius 1 is 1.54 bits per heavy atom. The first kappa shape index (κ1) is 18.2. The number of nitriles is 1. The highest BCUT2D eigenvalue weighted by atomic mass is 16.5. The molecule has 0 bridgehead atoms. The second kappa shape index (κ2) is 6.61. The fourth-order valence-electron chi connectivity index (χ4n) is 3.64. The number of Topliss-reactive ketones (excluding diaryl/α,β-unsaturated/α-hetero) is 1. The van der Waals surface area contributed by atoms with E-state index in [1.54, 1.807) is 17.1 Å². The summed E-state index contributed by atoms with van der Waals surface area (Å²) in [6, 6.07) is 2.12. The van der Waals surface area contributed by atoms with Gasteiger partial charge in [0.25, 0.3) is 0 Å². The van der Waals surface area contributed by atoms with Crippen LogP contribution in [0.25, 0.3) is 0 Å². The molecule has 0 unspecified atom stereocenters. The van der Waals surface area contributed by atoms with Gasteiger partial charge in [-0.1, -0.05) is 13.8 Å². The van der Waals surface area contributed by atoms with Gasteiger partial charge in [-0.05, 0) is 19.3 Å². The molecule has 2 N–H and O–H groups in total. The second-order valence-electron chi connectivity index (χ2n) is 7.51. The molecule has 26 heavy (non-hydrogen) atoms. The molecule has 138 valence electrons. The fourth-order valence-corrected chi connectivity index (χ4v) is 3.64. The van der Waals surface area contributed by atoms with Crippen molar-refractivity contribution >= 4 is 5.78 Å². The van der Waals surface area contributed by atoms with Crippen LogP contribution in [0.4, 0.5) is 0 Å². The van der Waals surface area contributed by atoms with Crippen molar-refractivity contribution in [2.24, 2.45) is 11.1 Å². The van der Waals surface area contributed by atoms with Crippen LogP contribution in [0.1, 0.15) is 58.2 Å². The molecule has 7 heteroatoms. The van der Waals surface area contributed by atoms with Gasteiger partial charge >= 0.3 is 0 Å². The van der Waals surface area contributed by atoms with Crippen LogP contribution in [0, 0.1) is 16.7 Å². The number of rotatable bonds is 4. The van der Waals surface area contributed by atoms with E-state index in [-0.39, 0.29) is 28.9 Å². The minimum absolute atomic E-state index is 0.00731. The van der Waals surface area contributed by atoms with Crippen molar-refractivity contribution < 1.29 is 14.3 Å². The summed E-state index contributed by atoms with van der Waals surface area (Å²) in [5.41, 5.74) is 7.33. The Kier molecular flexibility index (Phi) is 4.63. The number of aromatic nitrogens is 2. The molecule has 1 aliphatic heterocycles. The van der Waals surface area contributed by atoms with E-state index in [9.17, 15) is 10.1 Å². The van der Waals surface area contributed by atoms with Gasteiger partial charge in [-0.3, -0.25) is 4.79 Å². The number of hydrogen-bond donors (Lipinski definition) is 1. The lowest BCUT2D eigenvalue weighted by Gasteiger charge is -2.36. The van der Waals surface area contributed by atoms with Gasteiger partial charge in [0.2, 0.25) is 5.88 Å². The maximum absolute atomic E-state index is 12.9. The Bertz CT molecular complexity index is 841. The number of ether oxygens (including phenoxy) is 2. The number of nitrogens with zero attached hydrogens (tertiary/aromatic N) is 3. The number of carbonyl (C=O) groups excluding carboxylic acids is 1. The number of ketones is 1. The van der Waals surface area contributed by atoms with E-state index in [2.05, 4.69) is 11.2 Å². The average Bonchev–Trinajstić information content (AvgIpc) is 3.02. The van der Waals surface area contributed by atoms with E-state index < -0.39 is 5.92 Å². The molecule has 0 aromatic carbocycles. The highest BCUT2D eigenvalue weighted by Crippen LogP contribution is 2.47. The monoisotopic (exact) mass is 356 g/mol. The summed E-state index contributed by atoms with van der Waals surface area (Å²) in [6.07, 6.45) is 4.24. The predicted octanol–water partition coefficient (Wildman–Crippen LogP) is 2.89. The molecule has 0 fully saturated rings. The third-order valence-electron chi connectivity index (χ3n) is 4.81. The van der Waals surface area contributed by atoms with E-state index in [1.165, 1.54) is 0 Å². The first-order valence-corrected chi connectivity index (χ1v) is 8.77. The molecule has 1 aromatic rings. The zero-order valence-electron chi connectivity index (χ0n) is 15.6. The molecular formula is C19H24N4O3. The van der Waals surface area contributed by atoms with Gasteiger partial charge in [0.05, 0.1) is 12.1 Å². The van der Waals surface area contributed by atoms with E-state index >= 15 is 0 Å². The molecule has 7 nitrogen and oxygen atoms in total. The summed E-state index contributed by atoms with van der Waals surface area (Å²) in [5.74, 6) is 0.0766. The molecule has 2 atom stereocenters. The van der Waals surface area contributed by atoms with E-state index in [0.29, 0.717) is 30.8 Å². The first-order chi connectivity index (χ1) is 12.3. The van der Waals surface area contributed by atoms with Gasteiger partial charge < -0.3 is 15.2 Å². The van der Waals surface area contributed by atoms with Gasteiger partial charge in [-0.15, -0.1) is 0 Å². The average molecular weight is 356 g/mol. The van der Waals surface area contributed by atoms with Crippen molar-refractivity contribution in [1.82, 2.24) is 9.78 Å². The summed E-state index contributed by atoms with van der Waals surface area (Å²) in [4.78, 5) is 12.9. The summed E-state index contributed by atoms with van der Waals surface area (Å²) in [5, 5.41) is 14.0. The number of allylic oxidation sites excluding steroid dienone is 3. The van der Waals surface area contributed by atoms with E-state index in [0.717, 1.165) is 5.56 Å². The van der Waals surface area contributed by atoms with Crippen molar-refractivity contribution in [3.63, 3.8) is 0 Å². The summed E-state index contributed by atoms with van der Waals surface area (Å²) < 4.78 is 12.9. The maximum Gasteiger partial charge on any atom is 0.205 e. The van der Waals surface area contributed by atoms with Crippen molar-refractivity contribution in [2.75, 3.05) is 6.61 Å². The van der Waals surface area contributed by atoms with Crippen LogP contribution in [0.2, 0.25) is 0 Å². The van der Waals surface area contributed by atoms with E-state index in [4.69, 9.17) is 15.2 Å². The zero-order chi connectivity index (χ0) is 19.1. The second-order valence-corrected chi connectivity index (χ2v) is 7.51. The van der Waals surface area contributed by atoms with Crippen molar-refractivity contribution in [3.8, 4) is 6.07 Å². The molecule has 0 saturated carbocycles. The lowest BCUT2D eigenvalue weighted by Crippen LogP contribution is -2.33. The Hall–Kier alpha value is -2.59. The molecule has 2 aliphatic rings. The van der Waals surface area contributed by atoms with Crippen LogP contribution in [0.3, 0.4) is 0 Å². The lowest BCUT2D eigenvalue weighted by atomic mass is 9.70. The molecule has 0 amide bonds. The van der Waals surface area contributed by atoms with Gasteiger partial charge in [0.15, 0.2) is 5.78 Å². The number of hydrogen-bond acceptors (Lipinski definition) is 6. The van der Waals surface area contributed by atoms with Gasteiger partial charge in [0, 0.05) is 36.8 Å². The van der Waals surface area contributed by atoms with E-state index in [1.807, 2.05) is 27.7 Å². The number of nitrogens with two attached hydrogens (primary N) is 1. The minimum Gasteiger partial charge on any atom is -0.444 e. The zero-order valence-corrected chi connectivity index (χ0v) is 15.6. The normalized spacial score (nSPS) is 23.3. The van der Waals surface area contributed by atoms with Crippen LogP contribution >= 0.6 is 0 Å². The van der Waals surface area contributed by atoms with Crippen molar-refractivity contribution in [3.05, 3.63) is 40.7 Å². The molecule has 0 spiro atoms. The van der Waals surface area contributed by atoms with Crippen LogP contribution in [-0.4, -0.2) is 22.2 Å². The van der Waals surface area contributed by atoms with Crippen LogP contribution in [0.15, 0.2) is 35.2 Å². The minimum atomic E-state index is -0.546. The summed E-state index contributed by atoms with van der Waals surface area (Å²) >= 11 is 0. The molecular weight excluding hydrogens is 332 g/mol. The topological polar surface area (TPSA) is 103 Å². The van der Waals surface area contributed by atoms with Crippen molar-refractivity contribution in [1.29, 1.82) is 5.26 Å². The van der Waals surface area contributed by atoms with Crippen LogP contribution in [0.5, 0.6) is 0 Å². The highest BCUT2D eigenvalue weighted by molar-refractivity contribution is 6.00. The Balaban J connectivity index is 2.07. The molecule has 2 heterocycles. The summed E-state index contributed by atoms with van der Waals surface area (Å²) in [7, 11) is 0. The molecule has 3 rings (SSSR count). The van der Waals surface area contributed by atoms with Gasteiger partial charge in [-0.25, -0.2) is 4.68 Å². The predicted molar refractivity (Wildman–Crippen MR) is 94.3 cm³/mol. The largest absolute Gasteiger partial charge is 0.444 e. The smallest absolute Gasteiger partial charge is 0.205 e. The Morgan fingerprint density at radius 2 is 2.27 bits per heavy atom. The standard InChI is InChI=1S/C19H24N4O3/c1-5-25-11(2)23-10-12(9-22-23)16-13(8-20)18(21)26-15-7-19(3,4)6-14(24)17(15)16/h9-11,16H,5-7,21H2,1-4H3/t11-,16-/m1/s1. The Morgan fingerprint density at radius 3 is 2.92 bits per heavy atom. The quantitative estimate of drug-likeness (QED) is 0.890. The fraction of sp³-hybridized carbons (Fsp3) is 0.526. The first-order valence-electron chi connectivity index (χ1n) is 8.77. The summed E-state index contributed by atoms with van der Waals surface area (Å²) in [6.45, 7) is 8.41. The third-order valence-corrected chi connectivity index (χ3v) is 4.81. The number of carbonyl (C=O) groups is 1. The van der Waals surface area contributed by atoms with Gasteiger partial charge in [-0.2, -0.15) is 10.4 Å². The molecule has 1 aromatic heterocycles. The van der Waals surface area contributed by atoms with Gasteiger partial charge in [0.1, 0.15) is 23.6 Å². The SMILES string of the molecule is CCO[C@H](C)n1cc([C@@H]2C(C#N)=C(N)OC3=C2C(=O)CC(C)(C)C3)cn1. The van der Waals surface area contributed by atoms with Crippen LogP contribution in [-0.2, 0) is 14.3 Å². The van der Waals surface area contributed by atoms with Crippen molar-refractivity contribution in [2.45, 2.75) is 52.7 Å². The van der Waals surface area contributed by atoms with Crippen LogP contribution < -0.4 is 5.73 Å². The molecule has 0 radical (unpaired) electrons.